The first-order valence-corrected chi connectivity index (χ1v) is 6.78. The second-order valence-electron chi connectivity index (χ2n) is 5.75. The lowest BCUT2D eigenvalue weighted by atomic mass is 9.80. The summed E-state index contributed by atoms with van der Waals surface area (Å²) in [5.74, 6) is 0.399. The fourth-order valence-corrected chi connectivity index (χ4v) is 2.30. The fraction of sp³-hybridized carbons (Fsp3) is 0.643. The molecule has 104 valence electrons. The molecule has 2 N–H and O–H groups in total. The molecule has 0 atom stereocenters. The number of carbonyl (C=O) groups is 1. The highest BCUT2D eigenvalue weighted by atomic mass is 16.2. The average Bonchev–Trinajstić information content (AvgIpc) is 2.33. The van der Waals surface area contributed by atoms with Crippen molar-refractivity contribution in [3.05, 3.63) is 23.0 Å². The molecule has 19 heavy (non-hydrogen) atoms. The molecule has 0 aliphatic carbocycles. The molecule has 0 saturated carbocycles. The molecule has 0 spiro atoms. The molecule has 1 aliphatic rings. The topological polar surface area (TPSA) is 72.1 Å². The van der Waals surface area contributed by atoms with Gasteiger partial charge >= 0.3 is 0 Å². The van der Waals surface area contributed by atoms with E-state index in [4.69, 9.17) is 5.73 Å². The Bertz CT molecular complexity index is 492. The number of amides is 1. The smallest absolute Gasteiger partial charge is 0.255 e. The summed E-state index contributed by atoms with van der Waals surface area (Å²) in [5, 5.41) is 8.11. The third kappa shape index (κ3) is 2.47. The van der Waals surface area contributed by atoms with E-state index in [0.29, 0.717) is 31.0 Å². The Morgan fingerprint density at radius 2 is 2.11 bits per heavy atom. The van der Waals surface area contributed by atoms with E-state index in [0.717, 1.165) is 11.4 Å². The molecule has 1 aliphatic heterocycles. The first kappa shape index (κ1) is 13.9. The van der Waals surface area contributed by atoms with Crippen LogP contribution in [-0.2, 0) is 6.42 Å². The van der Waals surface area contributed by atoms with E-state index in [2.05, 4.69) is 24.0 Å². The molecular formula is C14H22N4O. The van der Waals surface area contributed by atoms with Gasteiger partial charge in [-0.3, -0.25) is 4.79 Å². The van der Waals surface area contributed by atoms with Crippen LogP contribution in [0.4, 0.5) is 0 Å². The Balaban J connectivity index is 2.16. The lowest BCUT2D eigenvalue weighted by Gasteiger charge is -2.50. The minimum absolute atomic E-state index is 0.0246. The van der Waals surface area contributed by atoms with Crippen LogP contribution < -0.4 is 5.73 Å². The first-order valence-electron chi connectivity index (χ1n) is 6.78. The van der Waals surface area contributed by atoms with Gasteiger partial charge in [0.2, 0.25) is 0 Å². The number of carbonyl (C=O) groups excluding carboxylic acids is 1. The van der Waals surface area contributed by atoms with Crippen molar-refractivity contribution in [2.45, 2.75) is 39.7 Å². The molecule has 0 unspecified atom stereocenters. The van der Waals surface area contributed by atoms with Gasteiger partial charge in [0.25, 0.3) is 5.91 Å². The van der Waals surface area contributed by atoms with E-state index in [9.17, 15) is 4.79 Å². The Labute approximate surface area is 114 Å². The molecule has 2 rings (SSSR count). The third-order valence-corrected chi connectivity index (χ3v) is 3.97. The van der Waals surface area contributed by atoms with Crippen LogP contribution in [0.3, 0.4) is 0 Å². The largest absolute Gasteiger partial charge is 0.335 e. The Hall–Kier alpha value is -1.49. The lowest BCUT2D eigenvalue weighted by Crippen LogP contribution is -2.71. The number of hydrogen-bond acceptors (Lipinski definition) is 4. The molecule has 0 bridgehead atoms. The Morgan fingerprint density at radius 3 is 2.63 bits per heavy atom. The summed E-state index contributed by atoms with van der Waals surface area (Å²) in [6, 6.07) is 1.82. The minimum atomic E-state index is -0.239. The summed E-state index contributed by atoms with van der Waals surface area (Å²) < 4.78 is 0. The zero-order valence-corrected chi connectivity index (χ0v) is 12.1. The highest BCUT2D eigenvalue weighted by molar-refractivity contribution is 5.96. The summed E-state index contributed by atoms with van der Waals surface area (Å²) in [4.78, 5) is 14.3. The SMILES string of the molecule is CCc1nnc(C)cc1C(=O)N1CC(N)(C(C)C)C1. The summed E-state index contributed by atoms with van der Waals surface area (Å²) >= 11 is 0. The highest BCUT2D eigenvalue weighted by Crippen LogP contribution is 2.28. The number of hydrogen-bond donors (Lipinski definition) is 1. The van der Waals surface area contributed by atoms with E-state index >= 15 is 0 Å². The number of aromatic nitrogens is 2. The van der Waals surface area contributed by atoms with E-state index in [1.807, 2.05) is 19.9 Å². The molecule has 0 radical (unpaired) electrons. The van der Waals surface area contributed by atoms with Gasteiger partial charge in [-0.15, -0.1) is 0 Å². The lowest BCUT2D eigenvalue weighted by molar-refractivity contribution is 0.0273. The number of nitrogens with zero attached hydrogens (tertiary/aromatic N) is 3. The standard InChI is InChI=1S/C14H22N4O/c1-5-12-11(6-10(4)16-17-12)13(19)18-7-14(15,8-18)9(2)3/h6,9H,5,7-8,15H2,1-4H3. The van der Waals surface area contributed by atoms with Crippen molar-refractivity contribution in [3.8, 4) is 0 Å². The van der Waals surface area contributed by atoms with Crippen LogP contribution in [0.2, 0.25) is 0 Å². The first-order chi connectivity index (χ1) is 8.87. The number of nitrogens with two attached hydrogens (primary N) is 1. The monoisotopic (exact) mass is 262 g/mol. The number of likely N-dealkylation sites (tertiary alicyclic amines) is 1. The van der Waals surface area contributed by atoms with Gasteiger partial charge < -0.3 is 10.6 Å². The molecular weight excluding hydrogens is 240 g/mol. The summed E-state index contributed by atoms with van der Waals surface area (Å²) in [5.41, 5.74) is 8.19. The van der Waals surface area contributed by atoms with E-state index in [1.165, 1.54) is 0 Å². The Morgan fingerprint density at radius 1 is 1.47 bits per heavy atom. The van der Waals surface area contributed by atoms with Crippen molar-refractivity contribution in [2.75, 3.05) is 13.1 Å². The van der Waals surface area contributed by atoms with Crippen molar-refractivity contribution in [3.63, 3.8) is 0 Å². The maximum absolute atomic E-state index is 12.5. The maximum atomic E-state index is 12.5. The summed E-state index contributed by atoms with van der Waals surface area (Å²) in [6.45, 7) is 9.26. The number of aryl methyl sites for hydroxylation is 2. The van der Waals surface area contributed by atoms with Crippen molar-refractivity contribution in [2.24, 2.45) is 11.7 Å². The normalized spacial score (nSPS) is 17.5. The molecule has 2 heterocycles. The fourth-order valence-electron chi connectivity index (χ4n) is 2.30. The van der Waals surface area contributed by atoms with Crippen LogP contribution in [0.25, 0.3) is 0 Å². The highest BCUT2D eigenvalue weighted by Gasteiger charge is 2.44. The predicted octanol–water partition coefficient (Wildman–Crippen LogP) is 1.16. The zero-order valence-electron chi connectivity index (χ0n) is 12.1. The van der Waals surface area contributed by atoms with Crippen LogP contribution in [-0.4, -0.2) is 39.6 Å². The van der Waals surface area contributed by atoms with Crippen LogP contribution >= 0.6 is 0 Å². The van der Waals surface area contributed by atoms with Gasteiger partial charge in [-0.25, -0.2) is 0 Å². The van der Waals surface area contributed by atoms with Gasteiger partial charge in [0.1, 0.15) is 0 Å². The van der Waals surface area contributed by atoms with Gasteiger partial charge in [0.15, 0.2) is 0 Å². The van der Waals surface area contributed by atoms with Crippen LogP contribution in [0.5, 0.6) is 0 Å². The second-order valence-corrected chi connectivity index (χ2v) is 5.75. The van der Waals surface area contributed by atoms with Gasteiger partial charge in [0, 0.05) is 13.1 Å². The van der Waals surface area contributed by atoms with E-state index in [1.54, 1.807) is 4.90 Å². The Kier molecular flexibility index (Phi) is 3.58. The summed E-state index contributed by atoms with van der Waals surface area (Å²) in [6.07, 6.45) is 0.708. The van der Waals surface area contributed by atoms with Crippen LogP contribution in [0.15, 0.2) is 6.07 Å². The molecule has 1 amide bonds. The molecule has 5 nitrogen and oxygen atoms in total. The predicted molar refractivity (Wildman–Crippen MR) is 73.8 cm³/mol. The minimum Gasteiger partial charge on any atom is -0.335 e. The van der Waals surface area contributed by atoms with Gasteiger partial charge in [-0.05, 0) is 25.3 Å². The molecule has 1 aromatic heterocycles. The van der Waals surface area contributed by atoms with E-state index in [-0.39, 0.29) is 11.4 Å². The third-order valence-electron chi connectivity index (χ3n) is 3.97. The summed E-state index contributed by atoms with van der Waals surface area (Å²) in [7, 11) is 0. The molecule has 1 saturated heterocycles. The van der Waals surface area contributed by atoms with Crippen molar-refractivity contribution in [1.29, 1.82) is 0 Å². The molecule has 1 aromatic rings. The zero-order chi connectivity index (χ0) is 14.2. The van der Waals surface area contributed by atoms with Gasteiger partial charge in [-0.1, -0.05) is 20.8 Å². The maximum Gasteiger partial charge on any atom is 0.255 e. The molecule has 1 fully saturated rings. The quantitative estimate of drug-likeness (QED) is 0.887. The number of rotatable bonds is 3. The van der Waals surface area contributed by atoms with Gasteiger partial charge in [0.05, 0.1) is 22.5 Å². The van der Waals surface area contributed by atoms with Crippen LogP contribution in [0, 0.1) is 12.8 Å². The van der Waals surface area contributed by atoms with E-state index < -0.39 is 0 Å². The molecule has 0 aromatic carbocycles. The van der Waals surface area contributed by atoms with Crippen molar-refractivity contribution in [1.82, 2.24) is 15.1 Å². The van der Waals surface area contributed by atoms with Gasteiger partial charge in [-0.2, -0.15) is 10.2 Å². The van der Waals surface area contributed by atoms with Crippen molar-refractivity contribution < 1.29 is 4.79 Å². The van der Waals surface area contributed by atoms with Crippen LogP contribution in [0.1, 0.15) is 42.5 Å². The average molecular weight is 262 g/mol. The van der Waals surface area contributed by atoms with Crippen molar-refractivity contribution >= 4 is 5.91 Å². The second kappa shape index (κ2) is 4.89. The molecule has 5 heteroatoms.